The number of nitrogens with zero attached hydrogens (tertiary/aromatic N) is 2. The second kappa shape index (κ2) is 5.43. The summed E-state index contributed by atoms with van der Waals surface area (Å²) in [4.78, 5) is 8.68. The van der Waals surface area contributed by atoms with Gasteiger partial charge in [-0.15, -0.1) is 11.3 Å². The molecular formula is C17H22N2OS. The minimum atomic E-state index is -0.0107. The van der Waals surface area contributed by atoms with Gasteiger partial charge in [-0.3, -0.25) is 0 Å². The molecule has 0 saturated carbocycles. The van der Waals surface area contributed by atoms with E-state index in [0.717, 1.165) is 36.6 Å². The summed E-state index contributed by atoms with van der Waals surface area (Å²) < 4.78 is 0. The van der Waals surface area contributed by atoms with Crippen LogP contribution in [0.5, 0.6) is 0 Å². The van der Waals surface area contributed by atoms with Crippen molar-refractivity contribution in [1.82, 2.24) is 4.98 Å². The topological polar surface area (TPSA) is 36.4 Å². The Morgan fingerprint density at radius 3 is 2.86 bits per heavy atom. The minimum Gasteiger partial charge on any atom is -0.392 e. The number of aliphatic hydroxyl groups excluding tert-OH is 1. The monoisotopic (exact) mass is 302 g/mol. The fraction of sp³-hybridized carbons (Fsp3) is 0.471. The molecular weight excluding hydrogens is 280 g/mol. The quantitative estimate of drug-likeness (QED) is 0.922. The number of rotatable bonds is 2. The maximum Gasteiger partial charge on any atom is 0.129 e. The minimum absolute atomic E-state index is 0.0107. The van der Waals surface area contributed by atoms with Gasteiger partial charge in [0.2, 0.25) is 0 Å². The lowest BCUT2D eigenvalue weighted by molar-refractivity contribution is 0.281. The smallest absolute Gasteiger partial charge is 0.129 e. The van der Waals surface area contributed by atoms with E-state index in [1.807, 2.05) is 23.5 Å². The van der Waals surface area contributed by atoms with Gasteiger partial charge in [-0.25, -0.2) is 4.98 Å². The summed E-state index contributed by atoms with van der Waals surface area (Å²) in [6, 6.07) is 6.25. The van der Waals surface area contributed by atoms with Gasteiger partial charge < -0.3 is 10.0 Å². The predicted molar refractivity (Wildman–Crippen MR) is 87.9 cm³/mol. The molecule has 0 aromatic carbocycles. The summed E-state index contributed by atoms with van der Waals surface area (Å²) in [5.74, 6) is 0.989. The Balaban J connectivity index is 1.95. The van der Waals surface area contributed by atoms with E-state index in [4.69, 9.17) is 4.98 Å². The van der Waals surface area contributed by atoms with E-state index in [0.29, 0.717) is 0 Å². The zero-order chi connectivity index (χ0) is 15.0. The zero-order valence-corrected chi connectivity index (χ0v) is 13.7. The lowest BCUT2D eigenvalue weighted by atomic mass is 9.90. The van der Waals surface area contributed by atoms with E-state index < -0.39 is 0 Å². The highest BCUT2D eigenvalue weighted by atomic mass is 32.1. The van der Waals surface area contributed by atoms with Gasteiger partial charge in [-0.1, -0.05) is 20.8 Å². The van der Waals surface area contributed by atoms with E-state index in [-0.39, 0.29) is 12.0 Å². The van der Waals surface area contributed by atoms with Gasteiger partial charge in [0.1, 0.15) is 5.82 Å². The molecule has 2 aromatic heterocycles. The van der Waals surface area contributed by atoms with Crippen molar-refractivity contribution < 1.29 is 5.11 Å². The zero-order valence-electron chi connectivity index (χ0n) is 12.9. The number of hydrogen-bond acceptors (Lipinski definition) is 4. The van der Waals surface area contributed by atoms with E-state index in [2.05, 4.69) is 37.1 Å². The molecule has 1 aliphatic rings. The molecule has 0 aliphatic carbocycles. The molecule has 1 aliphatic heterocycles. The van der Waals surface area contributed by atoms with Gasteiger partial charge in [0, 0.05) is 29.1 Å². The van der Waals surface area contributed by atoms with Gasteiger partial charge in [-0.05, 0) is 41.1 Å². The first-order chi connectivity index (χ1) is 9.97. The van der Waals surface area contributed by atoms with E-state index in [1.165, 1.54) is 10.4 Å². The normalized spacial score (nSPS) is 15.1. The predicted octanol–water partition coefficient (Wildman–Crippen LogP) is 3.50. The first kappa shape index (κ1) is 14.5. The second-order valence-electron chi connectivity index (χ2n) is 6.67. The van der Waals surface area contributed by atoms with Crippen molar-refractivity contribution in [1.29, 1.82) is 0 Å². The third-order valence-corrected chi connectivity index (χ3v) is 4.98. The second-order valence-corrected chi connectivity index (χ2v) is 7.67. The number of pyridine rings is 1. The summed E-state index contributed by atoms with van der Waals surface area (Å²) in [6.45, 7) is 8.47. The standard InChI is InChI=1S/C17H22N2OS/c1-17(2,3)15-8-12(11-20)9-16(18-15)19-6-4-14-13(10-19)5-7-21-14/h5,7-9,20H,4,6,10-11H2,1-3H3. The average Bonchev–Trinajstić information content (AvgIpc) is 2.93. The summed E-state index contributed by atoms with van der Waals surface area (Å²) >= 11 is 1.85. The third-order valence-electron chi connectivity index (χ3n) is 3.95. The molecule has 1 N–H and O–H groups in total. The molecule has 0 spiro atoms. The Hall–Kier alpha value is -1.39. The van der Waals surface area contributed by atoms with Crippen LogP contribution in [-0.4, -0.2) is 16.6 Å². The molecule has 21 heavy (non-hydrogen) atoms. The first-order valence-electron chi connectivity index (χ1n) is 7.40. The van der Waals surface area contributed by atoms with Crippen LogP contribution in [0, 0.1) is 0 Å². The number of thiophene rings is 1. The van der Waals surface area contributed by atoms with E-state index in [1.54, 1.807) is 0 Å². The largest absolute Gasteiger partial charge is 0.392 e. The Kier molecular flexibility index (Phi) is 3.76. The summed E-state index contributed by atoms with van der Waals surface area (Å²) in [6.07, 6.45) is 1.09. The van der Waals surface area contributed by atoms with Crippen LogP contribution >= 0.6 is 11.3 Å². The maximum absolute atomic E-state index is 9.53. The Bertz CT molecular complexity index is 642. The van der Waals surface area contributed by atoms with Crippen molar-refractivity contribution in [3.8, 4) is 0 Å². The molecule has 0 atom stereocenters. The van der Waals surface area contributed by atoms with Crippen molar-refractivity contribution in [2.75, 3.05) is 11.4 Å². The molecule has 0 amide bonds. The van der Waals surface area contributed by atoms with Gasteiger partial charge in [0.05, 0.1) is 6.61 Å². The first-order valence-corrected chi connectivity index (χ1v) is 8.28. The summed E-state index contributed by atoms with van der Waals surface area (Å²) in [7, 11) is 0. The van der Waals surface area contributed by atoms with Crippen LogP contribution in [0.4, 0.5) is 5.82 Å². The van der Waals surface area contributed by atoms with Gasteiger partial charge in [-0.2, -0.15) is 0 Å². The number of anilines is 1. The van der Waals surface area contributed by atoms with Crippen molar-refractivity contribution in [3.05, 3.63) is 45.3 Å². The molecule has 3 rings (SSSR count). The molecule has 0 saturated heterocycles. The van der Waals surface area contributed by atoms with Gasteiger partial charge in [0.15, 0.2) is 0 Å². The molecule has 0 bridgehead atoms. The average molecular weight is 302 g/mol. The lowest BCUT2D eigenvalue weighted by Crippen LogP contribution is -2.31. The molecule has 0 radical (unpaired) electrons. The van der Waals surface area contributed by atoms with Crippen molar-refractivity contribution in [2.45, 2.75) is 45.8 Å². The van der Waals surface area contributed by atoms with Crippen LogP contribution in [0.1, 0.15) is 42.5 Å². The molecule has 0 fully saturated rings. The molecule has 0 unspecified atom stereocenters. The van der Waals surface area contributed by atoms with Crippen LogP contribution in [0.25, 0.3) is 0 Å². The molecule has 3 heterocycles. The highest BCUT2D eigenvalue weighted by Crippen LogP contribution is 2.29. The van der Waals surface area contributed by atoms with E-state index >= 15 is 0 Å². The van der Waals surface area contributed by atoms with Crippen LogP contribution in [-0.2, 0) is 25.0 Å². The molecule has 4 heteroatoms. The SMILES string of the molecule is CC(C)(C)c1cc(CO)cc(N2CCc3sccc3C2)n1. The third kappa shape index (κ3) is 2.97. The molecule has 2 aromatic rings. The van der Waals surface area contributed by atoms with Crippen LogP contribution in [0.3, 0.4) is 0 Å². The van der Waals surface area contributed by atoms with Crippen molar-refractivity contribution >= 4 is 17.2 Å². The molecule has 3 nitrogen and oxygen atoms in total. The Morgan fingerprint density at radius 1 is 1.33 bits per heavy atom. The number of hydrogen-bond donors (Lipinski definition) is 1. The number of aliphatic hydroxyl groups is 1. The van der Waals surface area contributed by atoms with E-state index in [9.17, 15) is 5.11 Å². The highest BCUT2D eigenvalue weighted by molar-refractivity contribution is 7.10. The van der Waals surface area contributed by atoms with Gasteiger partial charge in [0.25, 0.3) is 0 Å². The van der Waals surface area contributed by atoms with Crippen molar-refractivity contribution in [3.63, 3.8) is 0 Å². The fourth-order valence-electron chi connectivity index (χ4n) is 2.65. The van der Waals surface area contributed by atoms with Crippen molar-refractivity contribution in [2.24, 2.45) is 0 Å². The van der Waals surface area contributed by atoms with Gasteiger partial charge >= 0.3 is 0 Å². The fourth-order valence-corrected chi connectivity index (χ4v) is 3.54. The summed E-state index contributed by atoms with van der Waals surface area (Å²) in [5, 5.41) is 11.7. The number of aromatic nitrogens is 1. The Morgan fingerprint density at radius 2 is 2.14 bits per heavy atom. The lowest BCUT2D eigenvalue weighted by Gasteiger charge is -2.30. The molecule has 112 valence electrons. The summed E-state index contributed by atoms with van der Waals surface area (Å²) in [5.41, 5.74) is 3.39. The van der Waals surface area contributed by atoms with Crippen LogP contribution in [0.2, 0.25) is 0 Å². The number of fused-ring (bicyclic) bond motifs is 1. The highest BCUT2D eigenvalue weighted by Gasteiger charge is 2.22. The Labute approximate surface area is 130 Å². The maximum atomic E-state index is 9.53. The van der Waals surface area contributed by atoms with Crippen LogP contribution < -0.4 is 4.90 Å². The van der Waals surface area contributed by atoms with Crippen LogP contribution in [0.15, 0.2) is 23.6 Å².